The summed E-state index contributed by atoms with van der Waals surface area (Å²) in [5.74, 6) is 0.631. The van der Waals surface area contributed by atoms with Crippen LogP contribution in [0.1, 0.15) is 30.9 Å². The van der Waals surface area contributed by atoms with Crippen molar-refractivity contribution in [2.75, 3.05) is 19.0 Å². The standard InChI is InChI=1S/C15H22ClNO2/c1-2-6-17(7-5-16)13-4-3-11-9-14(18)15(19)10-12(11)8-13/h9-10,13,18-19H,2-8H2,1H3. The molecule has 1 aromatic rings. The van der Waals surface area contributed by atoms with Gasteiger partial charge in [0.25, 0.3) is 0 Å². The first-order valence-corrected chi connectivity index (χ1v) is 7.53. The number of halogens is 1. The Hall–Kier alpha value is -0.930. The van der Waals surface area contributed by atoms with Gasteiger partial charge >= 0.3 is 0 Å². The number of fused-ring (bicyclic) bond motifs is 1. The molecule has 0 heterocycles. The lowest BCUT2D eigenvalue weighted by atomic mass is 9.87. The van der Waals surface area contributed by atoms with E-state index in [0.29, 0.717) is 11.9 Å². The van der Waals surface area contributed by atoms with Crippen LogP contribution in [-0.4, -0.2) is 40.1 Å². The van der Waals surface area contributed by atoms with Crippen molar-refractivity contribution in [3.63, 3.8) is 0 Å². The molecule has 0 aliphatic heterocycles. The summed E-state index contributed by atoms with van der Waals surface area (Å²) >= 11 is 5.88. The van der Waals surface area contributed by atoms with Gasteiger partial charge in [0.15, 0.2) is 11.5 Å². The number of phenols is 2. The van der Waals surface area contributed by atoms with Crippen LogP contribution >= 0.6 is 11.6 Å². The molecule has 1 unspecified atom stereocenters. The molecule has 19 heavy (non-hydrogen) atoms. The molecule has 0 bridgehead atoms. The quantitative estimate of drug-likeness (QED) is 0.645. The number of aromatic hydroxyl groups is 2. The lowest BCUT2D eigenvalue weighted by molar-refractivity contribution is 0.190. The summed E-state index contributed by atoms with van der Waals surface area (Å²) < 4.78 is 0. The first kappa shape index (κ1) is 14.5. The Morgan fingerprint density at radius 2 is 1.89 bits per heavy atom. The van der Waals surface area contributed by atoms with E-state index in [-0.39, 0.29) is 11.5 Å². The maximum Gasteiger partial charge on any atom is 0.157 e. The number of benzene rings is 1. The first-order chi connectivity index (χ1) is 9.15. The molecule has 1 aromatic carbocycles. The minimum atomic E-state index is -0.0150. The summed E-state index contributed by atoms with van der Waals surface area (Å²) in [6.45, 7) is 4.16. The third-order valence-corrected chi connectivity index (χ3v) is 4.07. The summed E-state index contributed by atoms with van der Waals surface area (Å²) in [7, 11) is 0. The molecule has 0 aromatic heterocycles. The van der Waals surface area contributed by atoms with Crippen LogP contribution in [0.25, 0.3) is 0 Å². The Labute approximate surface area is 119 Å². The fraction of sp³-hybridized carbons (Fsp3) is 0.600. The monoisotopic (exact) mass is 283 g/mol. The molecule has 1 atom stereocenters. The van der Waals surface area contributed by atoms with Gasteiger partial charge in [-0.05, 0) is 55.5 Å². The molecular formula is C15H22ClNO2. The van der Waals surface area contributed by atoms with E-state index in [4.69, 9.17) is 11.6 Å². The van der Waals surface area contributed by atoms with Crippen molar-refractivity contribution in [2.45, 2.75) is 38.6 Å². The second kappa shape index (κ2) is 6.49. The van der Waals surface area contributed by atoms with Crippen LogP contribution < -0.4 is 0 Å². The molecule has 2 rings (SSSR count). The molecule has 106 valence electrons. The van der Waals surface area contributed by atoms with Gasteiger partial charge in [-0.3, -0.25) is 4.90 Å². The van der Waals surface area contributed by atoms with Crippen LogP contribution in [0.4, 0.5) is 0 Å². The Morgan fingerprint density at radius 1 is 1.21 bits per heavy atom. The van der Waals surface area contributed by atoms with E-state index in [1.165, 1.54) is 0 Å². The van der Waals surface area contributed by atoms with Crippen molar-refractivity contribution in [1.29, 1.82) is 0 Å². The number of hydrogen-bond donors (Lipinski definition) is 2. The highest BCUT2D eigenvalue weighted by Crippen LogP contribution is 2.33. The number of phenolic OH excluding ortho intramolecular Hbond substituents is 2. The normalized spacial score (nSPS) is 18.6. The minimum Gasteiger partial charge on any atom is -0.504 e. The topological polar surface area (TPSA) is 43.7 Å². The zero-order valence-electron chi connectivity index (χ0n) is 11.4. The van der Waals surface area contributed by atoms with Crippen LogP contribution in [-0.2, 0) is 12.8 Å². The van der Waals surface area contributed by atoms with E-state index in [1.807, 2.05) is 0 Å². The van der Waals surface area contributed by atoms with Gasteiger partial charge in [-0.1, -0.05) is 6.92 Å². The summed E-state index contributed by atoms with van der Waals surface area (Å²) in [4.78, 5) is 2.44. The van der Waals surface area contributed by atoms with Gasteiger partial charge < -0.3 is 10.2 Å². The Morgan fingerprint density at radius 3 is 2.53 bits per heavy atom. The van der Waals surface area contributed by atoms with E-state index in [9.17, 15) is 10.2 Å². The smallest absolute Gasteiger partial charge is 0.157 e. The molecule has 3 nitrogen and oxygen atoms in total. The van der Waals surface area contributed by atoms with Crippen LogP contribution in [0.2, 0.25) is 0 Å². The van der Waals surface area contributed by atoms with E-state index < -0.39 is 0 Å². The Kier molecular flexibility index (Phi) is 4.94. The first-order valence-electron chi connectivity index (χ1n) is 6.99. The lowest BCUT2D eigenvalue weighted by Crippen LogP contribution is -2.41. The number of nitrogens with zero attached hydrogens (tertiary/aromatic N) is 1. The highest BCUT2D eigenvalue weighted by atomic mass is 35.5. The van der Waals surface area contributed by atoms with Crippen molar-refractivity contribution >= 4 is 11.6 Å². The van der Waals surface area contributed by atoms with E-state index in [2.05, 4.69) is 11.8 Å². The third kappa shape index (κ3) is 3.34. The van der Waals surface area contributed by atoms with Crippen LogP contribution in [0.5, 0.6) is 11.5 Å². The number of aryl methyl sites for hydroxylation is 1. The van der Waals surface area contributed by atoms with Gasteiger partial charge in [0.1, 0.15) is 0 Å². The van der Waals surface area contributed by atoms with Gasteiger partial charge in [0.2, 0.25) is 0 Å². The molecule has 4 heteroatoms. The van der Waals surface area contributed by atoms with E-state index >= 15 is 0 Å². The molecule has 1 aliphatic rings. The summed E-state index contributed by atoms with van der Waals surface area (Å²) in [6.07, 6.45) is 4.10. The molecular weight excluding hydrogens is 262 g/mol. The van der Waals surface area contributed by atoms with Crippen LogP contribution in [0.3, 0.4) is 0 Å². The molecule has 0 saturated heterocycles. The Bertz CT molecular complexity index is 430. The van der Waals surface area contributed by atoms with Gasteiger partial charge in [0.05, 0.1) is 0 Å². The van der Waals surface area contributed by atoms with Crippen LogP contribution in [0, 0.1) is 0 Å². The largest absolute Gasteiger partial charge is 0.504 e. The second-order valence-corrected chi connectivity index (χ2v) is 5.61. The van der Waals surface area contributed by atoms with Gasteiger partial charge in [-0.2, -0.15) is 0 Å². The maximum atomic E-state index is 9.62. The summed E-state index contributed by atoms with van der Waals surface area (Å²) in [6, 6.07) is 3.91. The van der Waals surface area contributed by atoms with Crippen molar-refractivity contribution in [3.05, 3.63) is 23.3 Å². The predicted octanol–water partition coefficient (Wildman–Crippen LogP) is 2.91. The van der Waals surface area contributed by atoms with Crippen molar-refractivity contribution in [3.8, 4) is 11.5 Å². The molecule has 2 N–H and O–H groups in total. The molecule has 0 spiro atoms. The number of hydrogen-bond acceptors (Lipinski definition) is 3. The average Bonchev–Trinajstić information content (AvgIpc) is 2.39. The highest BCUT2D eigenvalue weighted by Gasteiger charge is 2.24. The van der Waals surface area contributed by atoms with Gasteiger partial charge in [-0.15, -0.1) is 11.6 Å². The van der Waals surface area contributed by atoms with Crippen molar-refractivity contribution in [2.24, 2.45) is 0 Å². The van der Waals surface area contributed by atoms with Crippen molar-refractivity contribution in [1.82, 2.24) is 4.90 Å². The SMILES string of the molecule is CCCN(CCCl)C1CCc2cc(O)c(O)cc2C1. The highest BCUT2D eigenvalue weighted by molar-refractivity contribution is 6.18. The van der Waals surface area contributed by atoms with E-state index in [0.717, 1.165) is 49.9 Å². The van der Waals surface area contributed by atoms with Gasteiger partial charge in [-0.25, -0.2) is 0 Å². The molecule has 1 aliphatic carbocycles. The van der Waals surface area contributed by atoms with Crippen molar-refractivity contribution < 1.29 is 10.2 Å². The zero-order valence-corrected chi connectivity index (χ0v) is 12.2. The van der Waals surface area contributed by atoms with E-state index in [1.54, 1.807) is 12.1 Å². The zero-order chi connectivity index (χ0) is 13.8. The number of rotatable bonds is 5. The summed E-state index contributed by atoms with van der Waals surface area (Å²) in [5, 5.41) is 19.2. The fourth-order valence-corrected chi connectivity index (χ4v) is 3.17. The maximum absolute atomic E-state index is 9.62. The fourth-order valence-electron chi connectivity index (χ4n) is 2.95. The molecule has 0 saturated carbocycles. The van der Waals surface area contributed by atoms with Crippen LogP contribution in [0.15, 0.2) is 12.1 Å². The van der Waals surface area contributed by atoms with Gasteiger partial charge in [0, 0.05) is 18.5 Å². The molecule has 0 fully saturated rings. The molecule has 0 amide bonds. The molecule has 0 radical (unpaired) electrons. The number of alkyl halides is 1. The lowest BCUT2D eigenvalue weighted by Gasteiger charge is -2.34. The average molecular weight is 284 g/mol. The second-order valence-electron chi connectivity index (χ2n) is 5.23. The third-order valence-electron chi connectivity index (χ3n) is 3.90. The minimum absolute atomic E-state index is 0.0108. The predicted molar refractivity (Wildman–Crippen MR) is 78.2 cm³/mol. The summed E-state index contributed by atoms with van der Waals surface area (Å²) in [5.41, 5.74) is 2.32. The Balaban J connectivity index is 2.14.